The summed E-state index contributed by atoms with van der Waals surface area (Å²) in [5.74, 6) is -0.180. The van der Waals surface area contributed by atoms with Crippen LogP contribution in [0.2, 0.25) is 0 Å². The maximum atomic E-state index is 14.9. The number of benzene rings is 2. The molecule has 1 aliphatic heterocycles. The zero-order chi connectivity index (χ0) is 24.5. The van der Waals surface area contributed by atoms with Gasteiger partial charge in [-0.25, -0.2) is 14.1 Å². The van der Waals surface area contributed by atoms with Crippen LogP contribution < -0.4 is 5.32 Å². The van der Waals surface area contributed by atoms with Gasteiger partial charge in [0.1, 0.15) is 17.2 Å². The number of rotatable bonds is 5. The van der Waals surface area contributed by atoms with Crippen molar-refractivity contribution in [2.24, 2.45) is 0 Å². The Hall–Kier alpha value is -3.85. The highest BCUT2D eigenvalue weighted by Gasteiger charge is 2.21. The van der Waals surface area contributed by atoms with E-state index < -0.39 is 5.82 Å². The lowest BCUT2D eigenvalue weighted by Gasteiger charge is -2.27. The second kappa shape index (κ2) is 9.66. The van der Waals surface area contributed by atoms with Crippen molar-refractivity contribution >= 4 is 28.4 Å². The summed E-state index contributed by atoms with van der Waals surface area (Å²) >= 11 is 0. The maximum Gasteiger partial charge on any atom is 0.254 e. The normalized spacial score (nSPS) is 16.5. The molecule has 0 unspecified atom stereocenters. The molecule has 6 rings (SSSR count). The van der Waals surface area contributed by atoms with Crippen LogP contribution in [0.5, 0.6) is 0 Å². The number of ether oxygens (including phenoxy) is 1. The molecule has 0 radical (unpaired) electrons. The second-order valence-corrected chi connectivity index (χ2v) is 9.33. The van der Waals surface area contributed by atoms with E-state index in [1.807, 2.05) is 24.3 Å². The first-order chi connectivity index (χ1) is 17.7. The van der Waals surface area contributed by atoms with Gasteiger partial charge in [0.2, 0.25) is 0 Å². The average Bonchev–Trinajstić information content (AvgIpc) is 3.60. The van der Waals surface area contributed by atoms with Crippen molar-refractivity contribution in [3.05, 3.63) is 66.1 Å². The van der Waals surface area contributed by atoms with E-state index in [1.54, 1.807) is 23.2 Å². The van der Waals surface area contributed by atoms with Gasteiger partial charge in [-0.1, -0.05) is 24.1 Å². The van der Waals surface area contributed by atoms with E-state index in [0.717, 1.165) is 35.0 Å². The molecule has 1 N–H and O–H groups in total. The Balaban J connectivity index is 1.23. The summed E-state index contributed by atoms with van der Waals surface area (Å²) in [7, 11) is 0. The number of hydrogen-bond donors (Lipinski definition) is 1. The van der Waals surface area contributed by atoms with E-state index in [0.29, 0.717) is 43.7 Å². The van der Waals surface area contributed by atoms with Gasteiger partial charge in [0.05, 0.1) is 30.5 Å². The van der Waals surface area contributed by atoms with Crippen LogP contribution in [0.25, 0.3) is 22.2 Å². The predicted molar refractivity (Wildman–Crippen MR) is 135 cm³/mol. The first kappa shape index (κ1) is 22.6. The summed E-state index contributed by atoms with van der Waals surface area (Å²) in [6, 6.07) is 14.8. The topological polar surface area (TPSA) is 85.2 Å². The van der Waals surface area contributed by atoms with Crippen molar-refractivity contribution in [2.45, 2.75) is 31.7 Å². The Kier molecular flexibility index (Phi) is 6.06. The second-order valence-electron chi connectivity index (χ2n) is 9.33. The molecular formula is C27H27FN6O2. The van der Waals surface area contributed by atoms with Gasteiger partial charge in [0.15, 0.2) is 0 Å². The SMILES string of the molecule is O=C(c1ccc(Nc2cc(-c3ccc4nnn(C5CCCC5)c4c3)ccn2)c(F)c1)N1CCOCC1. The first-order valence-electron chi connectivity index (χ1n) is 12.4. The zero-order valence-electron chi connectivity index (χ0n) is 19.9. The molecule has 2 aliphatic rings. The highest BCUT2D eigenvalue weighted by atomic mass is 19.1. The number of morpholine rings is 1. The van der Waals surface area contributed by atoms with Crippen LogP contribution in [0.15, 0.2) is 54.7 Å². The summed E-state index contributed by atoms with van der Waals surface area (Å²) in [5.41, 5.74) is 4.46. The van der Waals surface area contributed by atoms with Gasteiger partial charge in [0.25, 0.3) is 5.91 Å². The van der Waals surface area contributed by atoms with Gasteiger partial charge in [-0.05, 0) is 66.4 Å². The smallest absolute Gasteiger partial charge is 0.254 e. The van der Waals surface area contributed by atoms with Crippen molar-refractivity contribution in [2.75, 3.05) is 31.6 Å². The minimum absolute atomic E-state index is 0.189. The highest BCUT2D eigenvalue weighted by molar-refractivity contribution is 5.94. The number of carbonyl (C=O) groups excluding carboxylic acids is 1. The number of nitrogens with one attached hydrogen (secondary N) is 1. The lowest BCUT2D eigenvalue weighted by molar-refractivity contribution is 0.0302. The molecule has 1 saturated carbocycles. The molecule has 3 heterocycles. The molecule has 1 saturated heterocycles. The molecule has 1 aliphatic carbocycles. The minimum atomic E-state index is -0.505. The molecule has 2 aromatic carbocycles. The molecule has 0 spiro atoms. The predicted octanol–water partition coefficient (Wildman–Crippen LogP) is 4.96. The zero-order valence-corrected chi connectivity index (χ0v) is 19.9. The highest BCUT2D eigenvalue weighted by Crippen LogP contribution is 2.33. The van der Waals surface area contributed by atoms with Gasteiger partial charge in [-0.2, -0.15) is 0 Å². The van der Waals surface area contributed by atoms with Gasteiger partial charge >= 0.3 is 0 Å². The van der Waals surface area contributed by atoms with E-state index in [-0.39, 0.29) is 11.6 Å². The Morgan fingerprint density at radius 3 is 2.61 bits per heavy atom. The van der Waals surface area contributed by atoms with Crippen molar-refractivity contribution < 1.29 is 13.9 Å². The molecule has 9 heteroatoms. The van der Waals surface area contributed by atoms with E-state index >= 15 is 0 Å². The van der Waals surface area contributed by atoms with Crippen LogP contribution in [0, 0.1) is 5.82 Å². The largest absolute Gasteiger partial charge is 0.378 e. The van der Waals surface area contributed by atoms with Crippen LogP contribution in [-0.4, -0.2) is 57.1 Å². The number of nitrogens with zero attached hydrogens (tertiary/aromatic N) is 5. The van der Waals surface area contributed by atoms with Crippen LogP contribution in [0.4, 0.5) is 15.9 Å². The van der Waals surface area contributed by atoms with Gasteiger partial charge in [-0.15, -0.1) is 5.10 Å². The number of aromatic nitrogens is 4. The molecule has 8 nitrogen and oxygen atoms in total. The number of hydrogen-bond acceptors (Lipinski definition) is 6. The van der Waals surface area contributed by atoms with Crippen LogP contribution in [0.3, 0.4) is 0 Å². The molecule has 4 aromatic rings. The third-order valence-corrected chi connectivity index (χ3v) is 7.01. The summed E-state index contributed by atoms with van der Waals surface area (Å²) < 4.78 is 22.3. The van der Waals surface area contributed by atoms with Crippen molar-refractivity contribution in [1.82, 2.24) is 24.9 Å². The summed E-state index contributed by atoms with van der Waals surface area (Å²) in [6.45, 7) is 2.03. The van der Waals surface area contributed by atoms with Crippen molar-refractivity contribution in [3.8, 4) is 11.1 Å². The molecular weight excluding hydrogens is 459 g/mol. The van der Waals surface area contributed by atoms with E-state index in [9.17, 15) is 9.18 Å². The quantitative estimate of drug-likeness (QED) is 0.429. The third kappa shape index (κ3) is 4.42. The Bertz CT molecular complexity index is 1410. The molecule has 0 bridgehead atoms. The van der Waals surface area contributed by atoms with Crippen molar-refractivity contribution in [3.63, 3.8) is 0 Å². The monoisotopic (exact) mass is 486 g/mol. The lowest BCUT2D eigenvalue weighted by atomic mass is 10.1. The molecule has 2 fully saturated rings. The Labute approximate surface area is 208 Å². The van der Waals surface area contributed by atoms with Crippen LogP contribution >= 0.6 is 0 Å². The number of fused-ring (bicyclic) bond motifs is 1. The van der Waals surface area contributed by atoms with E-state index in [4.69, 9.17) is 4.74 Å². The van der Waals surface area contributed by atoms with Gasteiger partial charge in [0, 0.05) is 24.8 Å². The third-order valence-electron chi connectivity index (χ3n) is 7.01. The molecule has 184 valence electrons. The standard InChI is InChI=1S/C27H27FN6O2/c28-22-15-20(27(35)33-11-13-36-14-12-33)6-7-23(22)30-26-17-19(9-10-29-26)18-5-8-24-25(16-18)34(32-31-24)21-3-1-2-4-21/h5-10,15-17,21H,1-4,11-14H2,(H,29,30). The molecule has 1 amide bonds. The van der Waals surface area contributed by atoms with Crippen LogP contribution in [-0.2, 0) is 4.74 Å². The number of carbonyl (C=O) groups is 1. The fourth-order valence-corrected chi connectivity index (χ4v) is 5.05. The fraction of sp³-hybridized carbons (Fsp3) is 0.333. The van der Waals surface area contributed by atoms with Crippen LogP contribution in [0.1, 0.15) is 42.1 Å². The molecule has 36 heavy (non-hydrogen) atoms. The average molecular weight is 487 g/mol. The Morgan fingerprint density at radius 2 is 1.81 bits per heavy atom. The summed E-state index contributed by atoms with van der Waals surface area (Å²) in [4.78, 5) is 18.7. The van der Waals surface area contributed by atoms with E-state index in [2.05, 4.69) is 31.4 Å². The number of anilines is 2. The van der Waals surface area contributed by atoms with Gasteiger partial charge in [-0.3, -0.25) is 4.79 Å². The number of pyridine rings is 1. The van der Waals surface area contributed by atoms with Gasteiger partial charge < -0.3 is 15.0 Å². The first-order valence-corrected chi connectivity index (χ1v) is 12.4. The molecule has 2 aromatic heterocycles. The number of halogens is 1. The van der Waals surface area contributed by atoms with E-state index in [1.165, 1.54) is 18.9 Å². The maximum absolute atomic E-state index is 14.9. The Morgan fingerprint density at radius 1 is 1.00 bits per heavy atom. The summed E-state index contributed by atoms with van der Waals surface area (Å²) in [6.07, 6.45) is 6.42. The number of amides is 1. The minimum Gasteiger partial charge on any atom is -0.378 e. The van der Waals surface area contributed by atoms with Crippen molar-refractivity contribution in [1.29, 1.82) is 0 Å². The lowest BCUT2D eigenvalue weighted by Crippen LogP contribution is -2.40. The summed E-state index contributed by atoms with van der Waals surface area (Å²) in [5, 5.41) is 11.8. The fourth-order valence-electron chi connectivity index (χ4n) is 5.05. The molecule has 0 atom stereocenters.